The van der Waals surface area contributed by atoms with E-state index in [4.69, 9.17) is 10.2 Å². The molecule has 2 fully saturated rings. The number of hydrogen-bond donors (Lipinski definition) is 6. The summed E-state index contributed by atoms with van der Waals surface area (Å²) in [5.41, 5.74) is 0. The van der Waals surface area contributed by atoms with Gasteiger partial charge in [-0.25, -0.2) is 0 Å². The van der Waals surface area contributed by atoms with E-state index < -0.39 is 24.1 Å². The first-order valence-electron chi connectivity index (χ1n) is 7.07. The molecule has 2 unspecified atom stereocenters. The van der Waals surface area contributed by atoms with Gasteiger partial charge in [0.05, 0.1) is 11.9 Å². The van der Waals surface area contributed by atoms with Crippen LogP contribution in [0, 0.1) is 0 Å². The Balaban J connectivity index is -0.000000275. The van der Waals surface area contributed by atoms with Crippen LogP contribution in [0.5, 0.6) is 0 Å². The minimum Gasteiger partial charge on any atom is -0.547 e. The number of carboxylic acid groups (broad SMARTS) is 2. The first-order chi connectivity index (χ1) is 10.5. The zero-order chi connectivity index (χ0) is 16.8. The van der Waals surface area contributed by atoms with Crippen molar-refractivity contribution >= 4 is 11.9 Å². The zero-order valence-electron chi connectivity index (χ0n) is 14.3. The molecule has 0 aromatic carbocycles. The van der Waals surface area contributed by atoms with E-state index in [1.165, 1.54) is 0 Å². The number of carbonyl (C=O) groups is 2. The van der Waals surface area contributed by atoms with Crippen LogP contribution in [-0.2, 0) is 9.59 Å². The number of carboxylic acids is 2. The standard InChI is InChI=1S/2C4H10N2.C4H6O6.2K/c2*1-2-6-4-3-5-1;5-1(3(7)8)2(6)4(9)10;;/h2*5-6H,1-4H2;1-2,5-6H,(H,7,8)(H,9,10);;/q;;;2*+1/p-2. The molecule has 2 atom stereocenters. The normalized spacial score (nSPS) is 18.6. The van der Waals surface area contributed by atoms with Gasteiger partial charge < -0.3 is 51.3 Å². The van der Waals surface area contributed by atoms with E-state index in [0.717, 1.165) is 52.4 Å². The Hall–Kier alpha value is 1.97. The Labute approximate surface area is 226 Å². The van der Waals surface area contributed by atoms with E-state index in [1.807, 2.05) is 0 Å². The fourth-order valence-electron chi connectivity index (χ4n) is 1.46. The molecule has 2 heterocycles. The predicted molar refractivity (Wildman–Crippen MR) is 73.5 cm³/mol. The minimum absolute atomic E-state index is 0. The summed E-state index contributed by atoms with van der Waals surface area (Å²) >= 11 is 0. The molecule has 130 valence electrons. The molecule has 0 aromatic rings. The molecule has 0 saturated carbocycles. The number of carbonyl (C=O) groups excluding carboxylic acids is 2. The SMILES string of the molecule is C1CNCCN1.C1CNCCN1.O=C([O-])C(O)C(O)C(=O)[O-].[K+].[K+]. The fraction of sp³-hybridized carbons (Fsp3) is 0.833. The molecule has 6 N–H and O–H groups in total. The molecular weight excluding hydrogens is 374 g/mol. The molecule has 10 nitrogen and oxygen atoms in total. The van der Waals surface area contributed by atoms with Crippen LogP contribution in [-0.4, -0.2) is 86.7 Å². The van der Waals surface area contributed by atoms with Gasteiger partial charge in [-0.3, -0.25) is 0 Å². The van der Waals surface area contributed by atoms with Crippen molar-refractivity contribution in [1.82, 2.24) is 21.3 Å². The molecule has 0 amide bonds. The van der Waals surface area contributed by atoms with Gasteiger partial charge in [-0.1, -0.05) is 0 Å². The molecule has 24 heavy (non-hydrogen) atoms. The van der Waals surface area contributed by atoms with Gasteiger partial charge in [-0.05, 0) is 0 Å². The summed E-state index contributed by atoms with van der Waals surface area (Å²) in [6.07, 6.45) is -4.88. The Bertz CT molecular complexity index is 267. The van der Waals surface area contributed by atoms with E-state index in [2.05, 4.69) is 21.3 Å². The topological polar surface area (TPSA) is 169 Å². The number of aliphatic hydroxyl groups is 2. The number of nitrogens with one attached hydrogen (secondary N) is 4. The maximum Gasteiger partial charge on any atom is 1.00 e. The van der Waals surface area contributed by atoms with Gasteiger partial charge in [0.15, 0.2) is 0 Å². The predicted octanol–water partition coefficient (Wildman–Crippen LogP) is -12.4. The van der Waals surface area contributed by atoms with Crippen molar-refractivity contribution in [1.29, 1.82) is 0 Å². The smallest absolute Gasteiger partial charge is 0.547 e. The van der Waals surface area contributed by atoms with Gasteiger partial charge in [0.1, 0.15) is 12.2 Å². The van der Waals surface area contributed by atoms with Crippen LogP contribution >= 0.6 is 0 Å². The van der Waals surface area contributed by atoms with E-state index >= 15 is 0 Å². The number of aliphatic hydroxyl groups excluding tert-OH is 2. The third-order valence-corrected chi connectivity index (χ3v) is 2.70. The van der Waals surface area contributed by atoms with Crippen molar-refractivity contribution in [2.45, 2.75) is 12.2 Å². The van der Waals surface area contributed by atoms with Gasteiger partial charge >= 0.3 is 103 Å². The second-order valence-electron chi connectivity index (χ2n) is 4.53. The van der Waals surface area contributed by atoms with Gasteiger partial charge in [-0.2, -0.15) is 0 Å². The van der Waals surface area contributed by atoms with Gasteiger partial charge in [0.2, 0.25) is 0 Å². The van der Waals surface area contributed by atoms with Gasteiger partial charge in [0, 0.05) is 52.4 Å². The minimum atomic E-state index is -2.44. The average molecular weight is 399 g/mol. The molecule has 0 radical (unpaired) electrons. The molecule has 0 bridgehead atoms. The molecule has 0 aliphatic carbocycles. The van der Waals surface area contributed by atoms with Crippen molar-refractivity contribution in [3.63, 3.8) is 0 Å². The second kappa shape index (κ2) is 21.3. The molecule has 2 rings (SSSR count). The first-order valence-corrected chi connectivity index (χ1v) is 7.07. The number of aliphatic carboxylic acids is 2. The summed E-state index contributed by atoms with van der Waals surface area (Å²) < 4.78 is 0. The van der Waals surface area contributed by atoms with Crippen molar-refractivity contribution in [3.05, 3.63) is 0 Å². The summed E-state index contributed by atoms with van der Waals surface area (Å²) in [6, 6.07) is 0. The van der Waals surface area contributed by atoms with Crippen LogP contribution in [0.15, 0.2) is 0 Å². The quantitative estimate of drug-likeness (QED) is 0.251. The monoisotopic (exact) mass is 398 g/mol. The van der Waals surface area contributed by atoms with Crippen molar-refractivity contribution in [3.8, 4) is 0 Å². The largest absolute Gasteiger partial charge is 1.00 e. The number of piperazine rings is 2. The first kappa shape index (κ1) is 30.7. The van der Waals surface area contributed by atoms with E-state index in [0.29, 0.717) is 0 Å². The third kappa shape index (κ3) is 18.8. The summed E-state index contributed by atoms with van der Waals surface area (Å²) in [5.74, 6) is -4.12. The van der Waals surface area contributed by atoms with Gasteiger partial charge in [-0.15, -0.1) is 0 Å². The van der Waals surface area contributed by atoms with Crippen LogP contribution in [0.3, 0.4) is 0 Å². The average Bonchev–Trinajstić information content (AvgIpc) is 2.57. The van der Waals surface area contributed by atoms with Gasteiger partial charge in [0.25, 0.3) is 0 Å². The Morgan fingerprint density at radius 1 is 0.625 bits per heavy atom. The summed E-state index contributed by atoms with van der Waals surface area (Å²) in [4.78, 5) is 19.3. The van der Waals surface area contributed by atoms with Crippen LogP contribution in [0.2, 0.25) is 0 Å². The molecule has 2 aliphatic heterocycles. The molecular formula is C12H24K2N4O6. The molecule has 0 spiro atoms. The fourth-order valence-corrected chi connectivity index (χ4v) is 1.46. The van der Waals surface area contributed by atoms with Crippen molar-refractivity contribution < 1.29 is 133 Å². The Kier molecular flexibility index (Phi) is 27.2. The maximum atomic E-state index is 9.63. The van der Waals surface area contributed by atoms with Crippen LogP contribution < -0.4 is 134 Å². The van der Waals surface area contributed by atoms with Crippen LogP contribution in [0.1, 0.15) is 0 Å². The number of hydrogen-bond acceptors (Lipinski definition) is 10. The summed E-state index contributed by atoms with van der Waals surface area (Å²) in [5, 5.41) is 48.6. The van der Waals surface area contributed by atoms with Crippen molar-refractivity contribution in [2.75, 3.05) is 52.4 Å². The Morgan fingerprint density at radius 2 is 0.792 bits per heavy atom. The van der Waals surface area contributed by atoms with E-state index in [-0.39, 0.29) is 103 Å². The second-order valence-corrected chi connectivity index (χ2v) is 4.53. The number of rotatable bonds is 3. The molecule has 0 aromatic heterocycles. The van der Waals surface area contributed by atoms with Crippen molar-refractivity contribution in [2.24, 2.45) is 0 Å². The Morgan fingerprint density at radius 3 is 0.875 bits per heavy atom. The summed E-state index contributed by atoms with van der Waals surface area (Å²) in [7, 11) is 0. The van der Waals surface area contributed by atoms with E-state index in [1.54, 1.807) is 0 Å². The zero-order valence-corrected chi connectivity index (χ0v) is 20.6. The van der Waals surface area contributed by atoms with E-state index in [9.17, 15) is 19.8 Å². The molecule has 2 saturated heterocycles. The van der Waals surface area contributed by atoms with Crippen LogP contribution in [0.4, 0.5) is 0 Å². The molecule has 12 heteroatoms. The molecule has 2 aliphatic rings. The maximum absolute atomic E-state index is 9.63. The third-order valence-electron chi connectivity index (χ3n) is 2.70. The summed E-state index contributed by atoms with van der Waals surface area (Å²) in [6.45, 7) is 9.11. The van der Waals surface area contributed by atoms with Crippen LogP contribution in [0.25, 0.3) is 0 Å².